The number of aromatic nitrogens is 1. The molecule has 4 heteroatoms. The summed E-state index contributed by atoms with van der Waals surface area (Å²) in [5, 5.41) is 9.54. The van der Waals surface area contributed by atoms with Crippen LogP contribution in [0.25, 0.3) is 0 Å². The molecule has 0 saturated carbocycles. The summed E-state index contributed by atoms with van der Waals surface area (Å²) < 4.78 is 0. The first-order valence-electron chi connectivity index (χ1n) is 3.54. The largest absolute Gasteiger partial charge is 0.389 e. The van der Waals surface area contributed by atoms with Gasteiger partial charge in [-0.25, -0.2) is 4.98 Å². The number of aliphatic hydroxyl groups excluding tert-OH is 1. The standard InChI is InChI=1S/C7H12N2OS/c1-5-6(2-3-8)11-7(4-10)9-5/h10H,2-4,8H2,1H3. The molecule has 0 bridgehead atoms. The van der Waals surface area contributed by atoms with Crippen molar-refractivity contribution in [3.8, 4) is 0 Å². The number of rotatable bonds is 3. The molecule has 0 atom stereocenters. The van der Waals surface area contributed by atoms with Crippen molar-refractivity contribution in [1.82, 2.24) is 4.98 Å². The van der Waals surface area contributed by atoms with Gasteiger partial charge in [0.05, 0.1) is 12.3 Å². The predicted molar refractivity (Wildman–Crippen MR) is 45.5 cm³/mol. The normalized spacial score (nSPS) is 10.5. The Balaban J connectivity index is 2.79. The van der Waals surface area contributed by atoms with Crippen LogP contribution in [0.1, 0.15) is 15.6 Å². The fourth-order valence-electron chi connectivity index (χ4n) is 0.919. The Hall–Kier alpha value is -0.450. The van der Waals surface area contributed by atoms with E-state index in [2.05, 4.69) is 4.98 Å². The van der Waals surface area contributed by atoms with Gasteiger partial charge in [-0.3, -0.25) is 0 Å². The topological polar surface area (TPSA) is 59.1 Å². The minimum absolute atomic E-state index is 0.0378. The number of aryl methyl sites for hydroxylation is 1. The number of hydrogen-bond acceptors (Lipinski definition) is 4. The summed E-state index contributed by atoms with van der Waals surface area (Å²) in [5.74, 6) is 0. The van der Waals surface area contributed by atoms with Gasteiger partial charge in [0.25, 0.3) is 0 Å². The molecular weight excluding hydrogens is 160 g/mol. The van der Waals surface area contributed by atoms with Crippen LogP contribution in [-0.2, 0) is 13.0 Å². The first-order chi connectivity index (χ1) is 5.27. The van der Waals surface area contributed by atoms with Crippen LogP contribution < -0.4 is 5.73 Å². The van der Waals surface area contributed by atoms with E-state index in [1.807, 2.05) is 6.92 Å². The molecule has 0 aromatic carbocycles. The SMILES string of the molecule is Cc1nc(CO)sc1CCN. The van der Waals surface area contributed by atoms with Crippen LogP contribution in [0.2, 0.25) is 0 Å². The van der Waals surface area contributed by atoms with Gasteiger partial charge in [-0.1, -0.05) is 0 Å². The maximum atomic E-state index is 8.76. The van der Waals surface area contributed by atoms with Crippen LogP contribution in [0.15, 0.2) is 0 Å². The molecule has 0 aliphatic carbocycles. The third kappa shape index (κ3) is 1.99. The molecule has 0 saturated heterocycles. The van der Waals surface area contributed by atoms with Crippen LogP contribution in [0.5, 0.6) is 0 Å². The fourth-order valence-corrected chi connectivity index (χ4v) is 1.86. The average molecular weight is 172 g/mol. The van der Waals surface area contributed by atoms with E-state index in [-0.39, 0.29) is 6.61 Å². The van der Waals surface area contributed by atoms with Crippen LogP contribution in [0.3, 0.4) is 0 Å². The second-order valence-corrected chi connectivity index (χ2v) is 3.48. The van der Waals surface area contributed by atoms with Gasteiger partial charge >= 0.3 is 0 Å². The van der Waals surface area contributed by atoms with Gasteiger partial charge in [-0.15, -0.1) is 11.3 Å². The molecule has 3 nitrogen and oxygen atoms in total. The molecule has 0 fully saturated rings. The van der Waals surface area contributed by atoms with Crippen molar-refractivity contribution in [2.24, 2.45) is 5.73 Å². The van der Waals surface area contributed by atoms with Crippen molar-refractivity contribution in [1.29, 1.82) is 0 Å². The van der Waals surface area contributed by atoms with Gasteiger partial charge in [0.2, 0.25) is 0 Å². The van der Waals surface area contributed by atoms with E-state index >= 15 is 0 Å². The summed E-state index contributed by atoms with van der Waals surface area (Å²) >= 11 is 1.54. The van der Waals surface area contributed by atoms with Crippen molar-refractivity contribution in [3.63, 3.8) is 0 Å². The van der Waals surface area contributed by atoms with Crippen molar-refractivity contribution < 1.29 is 5.11 Å². The third-order valence-electron chi connectivity index (χ3n) is 1.44. The van der Waals surface area contributed by atoms with Crippen molar-refractivity contribution in [2.45, 2.75) is 20.0 Å². The maximum absolute atomic E-state index is 8.76. The molecule has 0 aliphatic rings. The van der Waals surface area contributed by atoms with E-state index in [1.54, 1.807) is 11.3 Å². The lowest BCUT2D eigenvalue weighted by molar-refractivity contribution is 0.281. The Morgan fingerprint density at radius 2 is 2.36 bits per heavy atom. The summed E-state index contributed by atoms with van der Waals surface area (Å²) in [6.07, 6.45) is 0.865. The molecule has 1 aromatic heterocycles. The third-order valence-corrected chi connectivity index (χ3v) is 2.65. The molecule has 62 valence electrons. The minimum atomic E-state index is 0.0378. The molecule has 11 heavy (non-hydrogen) atoms. The number of nitrogens with two attached hydrogens (primary N) is 1. The lowest BCUT2D eigenvalue weighted by atomic mass is 10.3. The molecular formula is C7H12N2OS. The highest BCUT2D eigenvalue weighted by molar-refractivity contribution is 7.11. The van der Waals surface area contributed by atoms with E-state index in [0.29, 0.717) is 6.54 Å². The Bertz CT molecular complexity index is 234. The first-order valence-corrected chi connectivity index (χ1v) is 4.35. The molecule has 0 aliphatic heterocycles. The zero-order valence-electron chi connectivity index (χ0n) is 6.50. The summed E-state index contributed by atoms with van der Waals surface area (Å²) in [6, 6.07) is 0. The zero-order chi connectivity index (χ0) is 8.27. The van der Waals surface area contributed by atoms with Crippen molar-refractivity contribution in [3.05, 3.63) is 15.6 Å². The van der Waals surface area contributed by atoms with Crippen LogP contribution in [-0.4, -0.2) is 16.6 Å². The Morgan fingerprint density at radius 1 is 1.64 bits per heavy atom. The van der Waals surface area contributed by atoms with Crippen molar-refractivity contribution in [2.75, 3.05) is 6.54 Å². The minimum Gasteiger partial charge on any atom is -0.389 e. The molecule has 0 unspecified atom stereocenters. The summed E-state index contributed by atoms with van der Waals surface area (Å²) in [7, 11) is 0. The number of aliphatic hydroxyl groups is 1. The second-order valence-electron chi connectivity index (χ2n) is 2.31. The molecule has 0 radical (unpaired) electrons. The molecule has 3 N–H and O–H groups in total. The van der Waals surface area contributed by atoms with Gasteiger partial charge in [-0.05, 0) is 19.9 Å². The lowest BCUT2D eigenvalue weighted by Crippen LogP contribution is -2.01. The number of hydrogen-bond donors (Lipinski definition) is 2. The van der Waals surface area contributed by atoms with Gasteiger partial charge in [0, 0.05) is 4.88 Å². The molecule has 1 heterocycles. The van der Waals surface area contributed by atoms with Crippen LogP contribution in [0.4, 0.5) is 0 Å². The molecule has 1 aromatic rings. The average Bonchev–Trinajstić information content (AvgIpc) is 2.33. The molecule has 1 rings (SSSR count). The lowest BCUT2D eigenvalue weighted by Gasteiger charge is -1.90. The summed E-state index contributed by atoms with van der Waals surface area (Å²) in [4.78, 5) is 5.35. The van der Waals surface area contributed by atoms with E-state index in [1.165, 1.54) is 4.88 Å². The van der Waals surface area contributed by atoms with E-state index in [9.17, 15) is 0 Å². The number of thiazole rings is 1. The van der Waals surface area contributed by atoms with E-state index < -0.39 is 0 Å². The Kier molecular flexibility index (Phi) is 2.99. The van der Waals surface area contributed by atoms with Crippen LogP contribution in [0, 0.1) is 6.92 Å². The summed E-state index contributed by atoms with van der Waals surface area (Å²) in [5.41, 5.74) is 6.40. The van der Waals surface area contributed by atoms with E-state index in [4.69, 9.17) is 10.8 Å². The Labute approximate surface area is 69.9 Å². The van der Waals surface area contributed by atoms with Gasteiger partial charge < -0.3 is 10.8 Å². The van der Waals surface area contributed by atoms with Crippen LogP contribution >= 0.6 is 11.3 Å². The van der Waals surface area contributed by atoms with Gasteiger partial charge in [-0.2, -0.15) is 0 Å². The van der Waals surface area contributed by atoms with Gasteiger partial charge in [0.1, 0.15) is 5.01 Å². The molecule has 0 spiro atoms. The number of nitrogens with zero attached hydrogens (tertiary/aromatic N) is 1. The second kappa shape index (κ2) is 3.80. The first kappa shape index (κ1) is 8.64. The monoisotopic (exact) mass is 172 g/mol. The predicted octanol–water partition coefficient (Wildman–Crippen LogP) is 0.445. The highest BCUT2D eigenvalue weighted by Crippen LogP contribution is 2.17. The highest BCUT2D eigenvalue weighted by atomic mass is 32.1. The van der Waals surface area contributed by atoms with Gasteiger partial charge in [0.15, 0.2) is 0 Å². The maximum Gasteiger partial charge on any atom is 0.119 e. The molecule has 0 amide bonds. The highest BCUT2D eigenvalue weighted by Gasteiger charge is 2.04. The zero-order valence-corrected chi connectivity index (χ0v) is 7.32. The van der Waals surface area contributed by atoms with Crippen molar-refractivity contribution >= 4 is 11.3 Å². The quantitative estimate of drug-likeness (QED) is 0.695. The van der Waals surface area contributed by atoms with E-state index in [0.717, 1.165) is 17.1 Å². The smallest absolute Gasteiger partial charge is 0.119 e. The summed E-state index contributed by atoms with van der Waals surface area (Å²) in [6.45, 7) is 2.63. The fraction of sp³-hybridized carbons (Fsp3) is 0.571. The Morgan fingerprint density at radius 3 is 2.82 bits per heavy atom.